The largest absolute Gasteiger partial charge is 0.496 e. The molecule has 7 nitrogen and oxygen atoms in total. The predicted molar refractivity (Wildman–Crippen MR) is 135 cm³/mol. The smallest absolute Gasteiger partial charge is 0.151 e. The van der Waals surface area contributed by atoms with Crippen molar-refractivity contribution in [1.82, 2.24) is 10.3 Å². The molecule has 1 saturated carbocycles. The molecule has 8 heteroatoms. The minimum Gasteiger partial charge on any atom is -0.496 e. The van der Waals surface area contributed by atoms with Gasteiger partial charge in [0.1, 0.15) is 11.6 Å². The molecule has 0 spiro atoms. The van der Waals surface area contributed by atoms with E-state index in [1.807, 2.05) is 14.0 Å². The van der Waals surface area contributed by atoms with E-state index in [0.29, 0.717) is 40.6 Å². The first-order valence-electron chi connectivity index (χ1n) is 11.7. The number of hydrogen-bond acceptors (Lipinski definition) is 7. The third-order valence-electron chi connectivity index (χ3n) is 6.17. The molecule has 1 fully saturated rings. The standard InChI is InChI=1S/C16H14ClN3O2.C10H21NO/c1-10(13-5-11(7-18)3-4-15(13)22-2)20-16-14(17)6-12(9-21)8-19-16;1-11-8-10-4-2-9(3-5-10)6-7-12/h3-6,8-10H,1-2H3,(H,19,20);9-12H,2-8H2,1H3/t10-;/m0./s1. The fraction of sp³-hybridized carbons (Fsp3) is 0.500. The second kappa shape index (κ2) is 14.6. The summed E-state index contributed by atoms with van der Waals surface area (Å²) in [6.45, 7) is 3.46. The van der Waals surface area contributed by atoms with Crippen LogP contribution in [0.2, 0.25) is 5.02 Å². The Morgan fingerprint density at radius 3 is 2.56 bits per heavy atom. The van der Waals surface area contributed by atoms with E-state index in [4.69, 9.17) is 26.7 Å². The van der Waals surface area contributed by atoms with Crippen molar-refractivity contribution in [2.24, 2.45) is 11.8 Å². The highest BCUT2D eigenvalue weighted by Gasteiger charge is 2.19. The molecule has 0 aliphatic heterocycles. The van der Waals surface area contributed by atoms with Crippen molar-refractivity contribution in [3.63, 3.8) is 0 Å². The maximum Gasteiger partial charge on any atom is 0.151 e. The fourth-order valence-electron chi connectivity index (χ4n) is 4.24. The molecule has 3 N–H and O–H groups in total. The number of carbonyl (C=O) groups excluding carboxylic acids is 1. The first-order valence-corrected chi connectivity index (χ1v) is 12.0. The Balaban J connectivity index is 0.000000287. The van der Waals surface area contributed by atoms with Crippen LogP contribution in [0.3, 0.4) is 0 Å². The number of hydrogen-bond donors (Lipinski definition) is 3. The molecule has 1 aliphatic carbocycles. The number of pyridine rings is 1. The molecule has 3 rings (SSSR count). The number of ether oxygens (including phenoxy) is 1. The molecule has 0 saturated heterocycles. The van der Waals surface area contributed by atoms with E-state index in [1.165, 1.54) is 38.4 Å². The lowest BCUT2D eigenvalue weighted by molar-refractivity contribution is 0.112. The molecule has 1 heterocycles. The van der Waals surface area contributed by atoms with Crippen LogP contribution in [0, 0.1) is 23.2 Å². The van der Waals surface area contributed by atoms with Gasteiger partial charge in [0.05, 0.1) is 29.8 Å². The minimum atomic E-state index is -0.185. The lowest BCUT2D eigenvalue weighted by Crippen LogP contribution is -2.24. The number of carbonyl (C=O) groups is 1. The fourth-order valence-corrected chi connectivity index (χ4v) is 4.47. The summed E-state index contributed by atoms with van der Waals surface area (Å²) in [4.78, 5) is 14.8. The van der Waals surface area contributed by atoms with E-state index in [2.05, 4.69) is 21.7 Å². The highest BCUT2D eigenvalue weighted by molar-refractivity contribution is 6.33. The third-order valence-corrected chi connectivity index (χ3v) is 6.46. The molecule has 0 unspecified atom stereocenters. The topological polar surface area (TPSA) is 107 Å². The number of nitriles is 1. The Morgan fingerprint density at radius 2 is 2.00 bits per heavy atom. The Hall–Kier alpha value is -2.66. The van der Waals surface area contributed by atoms with Gasteiger partial charge in [-0.2, -0.15) is 5.26 Å². The highest BCUT2D eigenvalue weighted by atomic mass is 35.5. The Morgan fingerprint density at radius 1 is 1.29 bits per heavy atom. The number of aliphatic hydroxyl groups is 1. The summed E-state index contributed by atoms with van der Waals surface area (Å²) in [6.07, 6.45) is 8.51. The predicted octanol–water partition coefficient (Wildman–Crippen LogP) is 5.00. The van der Waals surface area contributed by atoms with Crippen LogP contribution in [0.15, 0.2) is 30.5 Å². The number of aldehydes is 1. The summed E-state index contributed by atoms with van der Waals surface area (Å²) in [7, 11) is 3.60. The first kappa shape index (κ1) is 27.6. The SMILES string of the molecule is CNCC1CCC(CCO)CC1.COc1ccc(C#N)cc1[C@H](C)Nc1ncc(C=O)cc1Cl. The number of rotatable bonds is 9. The van der Waals surface area contributed by atoms with E-state index in [1.54, 1.807) is 31.4 Å². The lowest BCUT2D eigenvalue weighted by atomic mass is 9.81. The number of halogens is 1. The molecule has 184 valence electrons. The van der Waals surface area contributed by atoms with Crippen LogP contribution in [0.4, 0.5) is 5.82 Å². The first-order chi connectivity index (χ1) is 16.4. The number of aromatic nitrogens is 1. The van der Waals surface area contributed by atoms with Crippen molar-refractivity contribution < 1.29 is 14.6 Å². The molecular weight excluding hydrogens is 452 g/mol. The van der Waals surface area contributed by atoms with Gasteiger partial charge >= 0.3 is 0 Å². The van der Waals surface area contributed by atoms with Gasteiger partial charge in [-0.05, 0) is 75.9 Å². The van der Waals surface area contributed by atoms with Crippen molar-refractivity contribution in [2.45, 2.75) is 45.1 Å². The van der Waals surface area contributed by atoms with Crippen molar-refractivity contribution in [1.29, 1.82) is 5.26 Å². The molecule has 1 aliphatic rings. The monoisotopic (exact) mass is 486 g/mol. The van der Waals surface area contributed by atoms with Crippen LogP contribution >= 0.6 is 11.6 Å². The second-order valence-electron chi connectivity index (χ2n) is 8.61. The normalized spacial score (nSPS) is 18.1. The molecule has 0 radical (unpaired) electrons. The maximum absolute atomic E-state index is 10.7. The van der Waals surface area contributed by atoms with Gasteiger partial charge in [0, 0.05) is 23.9 Å². The molecule has 1 aromatic carbocycles. The zero-order valence-corrected chi connectivity index (χ0v) is 20.9. The Labute approximate surface area is 207 Å². The highest BCUT2D eigenvalue weighted by Crippen LogP contribution is 2.31. The van der Waals surface area contributed by atoms with E-state index in [9.17, 15) is 4.79 Å². The lowest BCUT2D eigenvalue weighted by Gasteiger charge is -2.27. The van der Waals surface area contributed by atoms with Gasteiger partial charge < -0.3 is 20.5 Å². The average Bonchev–Trinajstić information content (AvgIpc) is 2.86. The minimum absolute atomic E-state index is 0.185. The van der Waals surface area contributed by atoms with Crippen LogP contribution in [0.25, 0.3) is 0 Å². The number of nitrogens with zero attached hydrogens (tertiary/aromatic N) is 2. The summed E-state index contributed by atoms with van der Waals surface area (Å²) >= 11 is 6.10. The van der Waals surface area contributed by atoms with Crippen molar-refractivity contribution >= 4 is 23.7 Å². The van der Waals surface area contributed by atoms with E-state index in [-0.39, 0.29) is 6.04 Å². The molecule has 1 atom stereocenters. The van der Waals surface area contributed by atoms with Crippen LogP contribution in [-0.2, 0) is 0 Å². The number of benzene rings is 1. The zero-order chi connectivity index (χ0) is 24.9. The van der Waals surface area contributed by atoms with Crippen LogP contribution in [0.1, 0.15) is 66.6 Å². The summed E-state index contributed by atoms with van der Waals surface area (Å²) < 4.78 is 5.32. The molecule has 34 heavy (non-hydrogen) atoms. The Bertz CT molecular complexity index is 942. The molecule has 1 aromatic heterocycles. The number of aliphatic hydroxyl groups excluding tert-OH is 1. The van der Waals surface area contributed by atoms with Crippen molar-refractivity contribution in [3.05, 3.63) is 52.2 Å². The van der Waals surface area contributed by atoms with Crippen molar-refractivity contribution in [2.75, 3.05) is 32.6 Å². The van der Waals surface area contributed by atoms with Crippen LogP contribution in [-0.4, -0.2) is 43.7 Å². The quantitative estimate of drug-likeness (QED) is 0.428. The summed E-state index contributed by atoms with van der Waals surface area (Å²) in [6, 6.07) is 8.65. The van der Waals surface area contributed by atoms with Gasteiger partial charge in [-0.3, -0.25) is 4.79 Å². The maximum atomic E-state index is 10.7. The van der Waals surface area contributed by atoms with E-state index < -0.39 is 0 Å². The van der Waals surface area contributed by atoms with Gasteiger partial charge in [0.2, 0.25) is 0 Å². The molecule has 2 aromatic rings. The van der Waals surface area contributed by atoms with Gasteiger partial charge in [-0.15, -0.1) is 0 Å². The van der Waals surface area contributed by atoms with Crippen LogP contribution in [0.5, 0.6) is 5.75 Å². The van der Waals surface area contributed by atoms with E-state index >= 15 is 0 Å². The second-order valence-corrected chi connectivity index (χ2v) is 9.02. The van der Waals surface area contributed by atoms with Gasteiger partial charge in [-0.25, -0.2) is 4.98 Å². The van der Waals surface area contributed by atoms with Gasteiger partial charge in [0.15, 0.2) is 6.29 Å². The van der Waals surface area contributed by atoms with Gasteiger partial charge in [-0.1, -0.05) is 24.4 Å². The van der Waals surface area contributed by atoms with Crippen molar-refractivity contribution in [3.8, 4) is 11.8 Å². The number of methoxy groups -OCH3 is 1. The Kier molecular flexibility index (Phi) is 11.8. The van der Waals surface area contributed by atoms with Crippen LogP contribution < -0.4 is 15.4 Å². The number of nitrogens with one attached hydrogen (secondary N) is 2. The summed E-state index contributed by atoms with van der Waals surface area (Å²) in [5.41, 5.74) is 1.77. The average molecular weight is 487 g/mol. The van der Waals surface area contributed by atoms with E-state index in [0.717, 1.165) is 23.8 Å². The number of anilines is 1. The summed E-state index contributed by atoms with van der Waals surface area (Å²) in [5, 5.41) is 24.5. The van der Waals surface area contributed by atoms with Gasteiger partial charge in [0.25, 0.3) is 0 Å². The summed E-state index contributed by atoms with van der Waals surface area (Å²) in [5.74, 6) is 2.83. The molecule has 0 bridgehead atoms. The third kappa shape index (κ3) is 8.28. The molecule has 0 amide bonds. The zero-order valence-electron chi connectivity index (χ0n) is 20.2. The molecular formula is C26H35ClN4O3.